The fraction of sp³-hybridized carbons (Fsp3) is 0.0455. The highest BCUT2D eigenvalue weighted by Gasteiger charge is 2.10. The van der Waals surface area contributed by atoms with E-state index in [0.29, 0.717) is 22.5 Å². The lowest BCUT2D eigenvalue weighted by Crippen LogP contribution is -2.34. The molecule has 0 spiro atoms. The van der Waals surface area contributed by atoms with Crippen molar-refractivity contribution in [3.8, 4) is 0 Å². The van der Waals surface area contributed by atoms with Gasteiger partial charge in [0.2, 0.25) is 0 Å². The van der Waals surface area contributed by atoms with Crippen LogP contribution in [0.5, 0.6) is 0 Å². The van der Waals surface area contributed by atoms with E-state index in [2.05, 4.69) is 31.9 Å². The second-order valence-corrected chi connectivity index (χ2v) is 7.59. The third-order valence-corrected chi connectivity index (χ3v) is 4.78. The Bertz CT molecular complexity index is 1070. The molecule has 3 rings (SSSR count). The standard InChI is InChI=1S/C22H18BrN3O2S/c1-14-12-18(10-11-19(14)25-20(27)15-6-3-2-4-7-15)24-22(29)26-21(28)16-8-5-9-17(23)13-16/h2-13H,1H3,(H,25,27)(H2,24,26,28,29). The minimum absolute atomic E-state index is 0.175. The topological polar surface area (TPSA) is 70.2 Å². The Morgan fingerprint density at radius 2 is 1.55 bits per heavy atom. The monoisotopic (exact) mass is 467 g/mol. The highest BCUT2D eigenvalue weighted by molar-refractivity contribution is 9.10. The zero-order valence-electron chi connectivity index (χ0n) is 15.5. The van der Waals surface area contributed by atoms with E-state index >= 15 is 0 Å². The van der Waals surface area contributed by atoms with E-state index in [1.165, 1.54) is 0 Å². The van der Waals surface area contributed by atoms with Crippen molar-refractivity contribution in [2.75, 3.05) is 10.6 Å². The van der Waals surface area contributed by atoms with Gasteiger partial charge in [-0.1, -0.05) is 40.2 Å². The van der Waals surface area contributed by atoms with Crippen LogP contribution < -0.4 is 16.0 Å². The van der Waals surface area contributed by atoms with Gasteiger partial charge in [-0.05, 0) is 73.2 Å². The molecular formula is C22H18BrN3O2S. The Hall–Kier alpha value is -3.03. The summed E-state index contributed by atoms with van der Waals surface area (Å²) in [6, 6.07) is 21.5. The van der Waals surface area contributed by atoms with Gasteiger partial charge in [-0.15, -0.1) is 0 Å². The number of hydrogen-bond donors (Lipinski definition) is 3. The van der Waals surface area contributed by atoms with Crippen LogP contribution in [0.2, 0.25) is 0 Å². The van der Waals surface area contributed by atoms with Crippen molar-refractivity contribution in [3.63, 3.8) is 0 Å². The van der Waals surface area contributed by atoms with Gasteiger partial charge in [0.25, 0.3) is 11.8 Å². The smallest absolute Gasteiger partial charge is 0.257 e. The molecule has 0 saturated heterocycles. The Morgan fingerprint density at radius 3 is 2.24 bits per heavy atom. The summed E-state index contributed by atoms with van der Waals surface area (Å²) in [7, 11) is 0. The van der Waals surface area contributed by atoms with E-state index in [4.69, 9.17) is 12.2 Å². The predicted octanol–water partition coefficient (Wildman–Crippen LogP) is 5.14. The second-order valence-electron chi connectivity index (χ2n) is 6.27. The summed E-state index contributed by atoms with van der Waals surface area (Å²) >= 11 is 8.57. The number of carbonyl (C=O) groups excluding carboxylic acids is 2. The van der Waals surface area contributed by atoms with Crippen LogP contribution in [0.3, 0.4) is 0 Å². The molecule has 5 nitrogen and oxygen atoms in total. The fourth-order valence-corrected chi connectivity index (χ4v) is 3.24. The lowest BCUT2D eigenvalue weighted by molar-refractivity contribution is 0.0976. The van der Waals surface area contributed by atoms with Gasteiger partial charge in [0.1, 0.15) is 0 Å². The van der Waals surface area contributed by atoms with Gasteiger partial charge in [-0.25, -0.2) is 0 Å². The van der Waals surface area contributed by atoms with Gasteiger partial charge >= 0.3 is 0 Å². The average molecular weight is 468 g/mol. The molecule has 3 N–H and O–H groups in total. The Labute approximate surface area is 182 Å². The van der Waals surface area contributed by atoms with Gasteiger partial charge in [-0.2, -0.15) is 0 Å². The normalized spacial score (nSPS) is 10.1. The molecule has 29 heavy (non-hydrogen) atoms. The zero-order valence-corrected chi connectivity index (χ0v) is 17.9. The zero-order chi connectivity index (χ0) is 20.8. The van der Waals surface area contributed by atoms with E-state index in [0.717, 1.165) is 10.0 Å². The van der Waals surface area contributed by atoms with E-state index < -0.39 is 0 Å². The number of thiocarbonyl (C=S) groups is 1. The van der Waals surface area contributed by atoms with Crippen molar-refractivity contribution in [2.45, 2.75) is 6.92 Å². The average Bonchev–Trinajstić information content (AvgIpc) is 2.70. The third-order valence-electron chi connectivity index (χ3n) is 4.08. The number of anilines is 2. The molecule has 7 heteroatoms. The highest BCUT2D eigenvalue weighted by atomic mass is 79.9. The van der Waals surface area contributed by atoms with Crippen LogP contribution in [0.25, 0.3) is 0 Å². The summed E-state index contributed by atoms with van der Waals surface area (Å²) in [5.74, 6) is -0.474. The first kappa shape index (κ1) is 20.7. The van der Waals surface area contributed by atoms with Gasteiger partial charge in [-0.3, -0.25) is 14.9 Å². The quantitative estimate of drug-likeness (QED) is 0.464. The molecule has 3 aromatic rings. The fourth-order valence-electron chi connectivity index (χ4n) is 2.63. The molecule has 0 unspecified atom stereocenters. The summed E-state index contributed by atoms with van der Waals surface area (Å²) < 4.78 is 0.813. The largest absolute Gasteiger partial charge is 0.332 e. The highest BCUT2D eigenvalue weighted by Crippen LogP contribution is 2.20. The summed E-state index contributed by atoms with van der Waals surface area (Å²) in [6.07, 6.45) is 0. The van der Waals surface area contributed by atoms with E-state index in [9.17, 15) is 9.59 Å². The molecule has 0 atom stereocenters. The lowest BCUT2D eigenvalue weighted by Gasteiger charge is -2.13. The number of rotatable bonds is 4. The van der Waals surface area contributed by atoms with Gasteiger partial charge < -0.3 is 10.6 Å². The Balaban J connectivity index is 1.62. The predicted molar refractivity (Wildman–Crippen MR) is 123 cm³/mol. The van der Waals surface area contributed by atoms with Crippen molar-refractivity contribution in [1.29, 1.82) is 0 Å². The molecule has 2 amide bonds. The molecular weight excluding hydrogens is 450 g/mol. The molecule has 0 aliphatic carbocycles. The lowest BCUT2D eigenvalue weighted by atomic mass is 10.1. The van der Waals surface area contributed by atoms with Gasteiger partial charge in [0, 0.05) is 27.0 Å². The summed E-state index contributed by atoms with van der Waals surface area (Å²) in [4.78, 5) is 24.6. The van der Waals surface area contributed by atoms with Crippen LogP contribution in [-0.4, -0.2) is 16.9 Å². The molecule has 0 heterocycles. The summed E-state index contributed by atoms with van der Waals surface area (Å²) in [5.41, 5.74) is 3.36. The van der Waals surface area contributed by atoms with E-state index in [1.54, 1.807) is 42.5 Å². The summed E-state index contributed by atoms with van der Waals surface area (Å²) in [5, 5.41) is 8.72. The molecule has 0 aliphatic heterocycles. The number of benzene rings is 3. The van der Waals surface area contributed by atoms with Crippen LogP contribution in [0.15, 0.2) is 77.3 Å². The molecule has 0 aliphatic rings. The molecule has 0 aromatic heterocycles. The Morgan fingerprint density at radius 1 is 0.828 bits per heavy atom. The van der Waals surface area contributed by atoms with Crippen LogP contribution in [0, 0.1) is 6.92 Å². The minimum atomic E-state index is -0.299. The maximum absolute atomic E-state index is 12.3. The van der Waals surface area contributed by atoms with Crippen molar-refractivity contribution >= 4 is 56.4 Å². The van der Waals surface area contributed by atoms with E-state index in [1.807, 2.05) is 37.3 Å². The number of halogens is 1. The number of aryl methyl sites for hydroxylation is 1. The van der Waals surface area contributed by atoms with Crippen molar-refractivity contribution in [1.82, 2.24) is 5.32 Å². The molecule has 146 valence electrons. The van der Waals surface area contributed by atoms with Crippen LogP contribution in [0.4, 0.5) is 11.4 Å². The molecule has 0 fully saturated rings. The maximum Gasteiger partial charge on any atom is 0.257 e. The van der Waals surface area contributed by atoms with Crippen molar-refractivity contribution < 1.29 is 9.59 Å². The minimum Gasteiger partial charge on any atom is -0.332 e. The third kappa shape index (κ3) is 5.73. The van der Waals surface area contributed by atoms with Crippen molar-refractivity contribution in [2.24, 2.45) is 0 Å². The number of carbonyl (C=O) groups is 2. The number of amides is 2. The number of nitrogens with one attached hydrogen (secondary N) is 3. The Kier molecular flexibility index (Phi) is 6.74. The van der Waals surface area contributed by atoms with Crippen LogP contribution in [-0.2, 0) is 0 Å². The maximum atomic E-state index is 12.3. The van der Waals surface area contributed by atoms with Crippen LogP contribution >= 0.6 is 28.1 Å². The summed E-state index contributed by atoms with van der Waals surface area (Å²) in [6.45, 7) is 1.88. The van der Waals surface area contributed by atoms with Gasteiger partial charge in [0.05, 0.1) is 0 Å². The van der Waals surface area contributed by atoms with Crippen LogP contribution in [0.1, 0.15) is 26.3 Å². The molecule has 0 bridgehead atoms. The first-order valence-corrected chi connectivity index (χ1v) is 9.97. The van der Waals surface area contributed by atoms with Crippen molar-refractivity contribution in [3.05, 3.63) is 94.0 Å². The SMILES string of the molecule is Cc1cc(NC(=S)NC(=O)c2cccc(Br)c2)ccc1NC(=O)c1ccccc1. The first-order valence-electron chi connectivity index (χ1n) is 8.77. The van der Waals surface area contributed by atoms with Gasteiger partial charge in [0.15, 0.2) is 5.11 Å². The first-order chi connectivity index (χ1) is 13.9. The molecule has 0 saturated carbocycles. The molecule has 0 radical (unpaired) electrons. The second kappa shape index (κ2) is 9.45. The van der Waals surface area contributed by atoms with E-state index in [-0.39, 0.29) is 16.9 Å². The molecule has 3 aromatic carbocycles. The number of hydrogen-bond acceptors (Lipinski definition) is 3.